The molecule has 0 atom stereocenters. The third-order valence-electron chi connectivity index (χ3n) is 1.66. The predicted octanol–water partition coefficient (Wildman–Crippen LogP) is 1.23. The number of aromatic nitrogens is 2. The quantitative estimate of drug-likeness (QED) is 0.742. The SMILES string of the molecule is CC(C)n1nc(C(=O)S)cc1C(=O)O. The second-order valence-corrected chi connectivity index (χ2v) is 3.47. The lowest BCUT2D eigenvalue weighted by Crippen LogP contribution is -2.11. The van der Waals surface area contributed by atoms with Crippen molar-refractivity contribution in [3.63, 3.8) is 0 Å². The third-order valence-corrected chi connectivity index (χ3v) is 1.89. The van der Waals surface area contributed by atoms with Crippen LogP contribution in [-0.4, -0.2) is 26.0 Å². The van der Waals surface area contributed by atoms with Crippen molar-refractivity contribution in [2.75, 3.05) is 0 Å². The van der Waals surface area contributed by atoms with Crippen LogP contribution in [0, 0.1) is 0 Å². The van der Waals surface area contributed by atoms with Gasteiger partial charge in [0.1, 0.15) is 11.4 Å². The monoisotopic (exact) mass is 214 g/mol. The summed E-state index contributed by atoms with van der Waals surface area (Å²) in [6, 6.07) is 1.11. The van der Waals surface area contributed by atoms with Crippen molar-refractivity contribution in [1.29, 1.82) is 0 Å². The van der Waals surface area contributed by atoms with E-state index in [2.05, 4.69) is 17.7 Å². The highest BCUT2D eigenvalue weighted by Crippen LogP contribution is 2.12. The van der Waals surface area contributed by atoms with E-state index in [1.54, 1.807) is 13.8 Å². The molecule has 0 radical (unpaired) electrons. The lowest BCUT2D eigenvalue weighted by Gasteiger charge is -2.06. The van der Waals surface area contributed by atoms with Crippen LogP contribution in [0.4, 0.5) is 0 Å². The fourth-order valence-corrected chi connectivity index (χ4v) is 1.16. The van der Waals surface area contributed by atoms with Gasteiger partial charge in [-0.2, -0.15) is 5.10 Å². The smallest absolute Gasteiger partial charge is 0.354 e. The van der Waals surface area contributed by atoms with Gasteiger partial charge in [0.25, 0.3) is 0 Å². The van der Waals surface area contributed by atoms with Crippen LogP contribution in [0.1, 0.15) is 40.9 Å². The Hall–Kier alpha value is -1.30. The maximum absolute atomic E-state index is 10.9. The highest BCUT2D eigenvalue weighted by molar-refractivity contribution is 7.97. The highest BCUT2D eigenvalue weighted by atomic mass is 32.1. The lowest BCUT2D eigenvalue weighted by atomic mass is 10.3. The first-order valence-electron chi connectivity index (χ1n) is 3.99. The molecule has 5 nitrogen and oxygen atoms in total. The van der Waals surface area contributed by atoms with Crippen LogP contribution in [-0.2, 0) is 0 Å². The Balaban J connectivity index is 3.26. The molecular formula is C8H10N2O3S. The van der Waals surface area contributed by atoms with Gasteiger partial charge in [0, 0.05) is 12.1 Å². The van der Waals surface area contributed by atoms with Gasteiger partial charge in [0.05, 0.1) is 0 Å². The van der Waals surface area contributed by atoms with Gasteiger partial charge in [0.2, 0.25) is 5.12 Å². The second kappa shape index (κ2) is 3.83. The molecule has 0 spiro atoms. The largest absolute Gasteiger partial charge is 0.477 e. The van der Waals surface area contributed by atoms with Gasteiger partial charge in [-0.25, -0.2) is 4.79 Å². The molecule has 0 aromatic carbocycles. The van der Waals surface area contributed by atoms with Crippen molar-refractivity contribution in [1.82, 2.24) is 9.78 Å². The molecule has 14 heavy (non-hydrogen) atoms. The zero-order valence-electron chi connectivity index (χ0n) is 7.76. The second-order valence-electron chi connectivity index (χ2n) is 3.06. The van der Waals surface area contributed by atoms with Gasteiger partial charge in [-0.05, 0) is 13.8 Å². The summed E-state index contributed by atoms with van der Waals surface area (Å²) in [7, 11) is 0. The zero-order chi connectivity index (χ0) is 10.9. The number of aromatic carboxylic acids is 1. The lowest BCUT2D eigenvalue weighted by molar-refractivity contribution is 0.0681. The first-order valence-corrected chi connectivity index (χ1v) is 4.44. The van der Waals surface area contributed by atoms with Crippen molar-refractivity contribution >= 4 is 23.7 Å². The average Bonchev–Trinajstić information content (AvgIpc) is 2.47. The molecule has 0 amide bonds. The molecule has 0 bridgehead atoms. The Morgan fingerprint density at radius 2 is 2.14 bits per heavy atom. The van der Waals surface area contributed by atoms with Gasteiger partial charge >= 0.3 is 5.97 Å². The molecule has 1 N–H and O–H groups in total. The molecule has 0 saturated heterocycles. The Kier molecular flexibility index (Phi) is 2.95. The molecular weight excluding hydrogens is 204 g/mol. The summed E-state index contributed by atoms with van der Waals surface area (Å²) in [4.78, 5) is 21.6. The number of carboxylic acid groups (broad SMARTS) is 1. The van der Waals surface area contributed by atoms with E-state index in [1.165, 1.54) is 10.7 Å². The maximum atomic E-state index is 10.9. The molecule has 1 aromatic heterocycles. The molecule has 0 aliphatic carbocycles. The molecule has 0 aliphatic rings. The van der Waals surface area contributed by atoms with Crippen LogP contribution >= 0.6 is 12.6 Å². The van der Waals surface area contributed by atoms with E-state index in [0.717, 1.165) is 0 Å². The zero-order valence-corrected chi connectivity index (χ0v) is 8.65. The summed E-state index contributed by atoms with van der Waals surface area (Å²) in [6.07, 6.45) is 0. The van der Waals surface area contributed by atoms with Crippen molar-refractivity contribution in [2.45, 2.75) is 19.9 Å². The minimum absolute atomic E-state index is 0.00241. The molecule has 76 valence electrons. The first-order chi connectivity index (χ1) is 6.43. The normalized spacial score (nSPS) is 10.6. The van der Waals surface area contributed by atoms with Gasteiger partial charge in [-0.1, -0.05) is 12.6 Å². The summed E-state index contributed by atoms with van der Waals surface area (Å²) in [5.41, 5.74) is 0.0526. The highest BCUT2D eigenvalue weighted by Gasteiger charge is 2.18. The van der Waals surface area contributed by atoms with E-state index in [4.69, 9.17) is 5.11 Å². The first kappa shape index (κ1) is 10.8. The van der Waals surface area contributed by atoms with E-state index < -0.39 is 11.1 Å². The van der Waals surface area contributed by atoms with Crippen molar-refractivity contribution in [2.24, 2.45) is 0 Å². The van der Waals surface area contributed by atoms with E-state index in [0.29, 0.717) is 0 Å². The summed E-state index contributed by atoms with van der Waals surface area (Å²) < 4.78 is 1.28. The van der Waals surface area contributed by atoms with Gasteiger partial charge in [-0.15, -0.1) is 0 Å². The maximum Gasteiger partial charge on any atom is 0.354 e. The van der Waals surface area contributed by atoms with Gasteiger partial charge in [0.15, 0.2) is 0 Å². The summed E-state index contributed by atoms with van der Waals surface area (Å²) in [5.74, 6) is -1.10. The van der Waals surface area contributed by atoms with Crippen molar-refractivity contribution in [3.05, 3.63) is 17.5 Å². The van der Waals surface area contributed by atoms with E-state index in [1.807, 2.05) is 0 Å². The summed E-state index contributed by atoms with van der Waals surface area (Å²) in [6.45, 7) is 3.57. The minimum Gasteiger partial charge on any atom is -0.477 e. The molecule has 1 rings (SSSR count). The van der Waals surface area contributed by atoms with E-state index in [9.17, 15) is 9.59 Å². The van der Waals surface area contributed by atoms with E-state index in [-0.39, 0.29) is 17.4 Å². The van der Waals surface area contributed by atoms with Crippen molar-refractivity contribution in [3.8, 4) is 0 Å². The van der Waals surface area contributed by atoms with Crippen LogP contribution in [0.2, 0.25) is 0 Å². The number of rotatable bonds is 3. The van der Waals surface area contributed by atoms with Crippen molar-refractivity contribution < 1.29 is 14.7 Å². The van der Waals surface area contributed by atoms with Crippen LogP contribution < -0.4 is 0 Å². The van der Waals surface area contributed by atoms with Crippen LogP contribution in [0.15, 0.2) is 6.07 Å². The van der Waals surface area contributed by atoms with Crippen LogP contribution in [0.25, 0.3) is 0 Å². The minimum atomic E-state index is -1.10. The fraction of sp³-hybridized carbons (Fsp3) is 0.375. The number of carboxylic acids is 1. The molecule has 1 aromatic rings. The topological polar surface area (TPSA) is 72.2 Å². The molecule has 0 aliphatic heterocycles. The van der Waals surface area contributed by atoms with Crippen LogP contribution in [0.5, 0.6) is 0 Å². The van der Waals surface area contributed by atoms with Gasteiger partial charge < -0.3 is 5.11 Å². The number of carbonyl (C=O) groups excluding carboxylic acids is 1. The number of thiol groups is 1. The average molecular weight is 214 g/mol. The Morgan fingerprint density at radius 1 is 1.57 bits per heavy atom. The predicted molar refractivity (Wildman–Crippen MR) is 52.9 cm³/mol. The Labute approximate surface area is 86.1 Å². The third kappa shape index (κ3) is 1.95. The number of hydrogen-bond donors (Lipinski definition) is 2. The fourth-order valence-electron chi connectivity index (χ4n) is 1.05. The summed E-state index contributed by atoms with van der Waals surface area (Å²) in [5, 5.41) is 12.1. The number of carbonyl (C=O) groups is 2. The molecule has 0 saturated carbocycles. The van der Waals surface area contributed by atoms with Gasteiger partial charge in [-0.3, -0.25) is 9.48 Å². The molecule has 1 heterocycles. The Morgan fingerprint density at radius 3 is 2.43 bits per heavy atom. The standard InChI is InChI=1S/C8H10N2O3S/c1-4(2)10-6(7(11)12)3-5(9-10)8(13)14/h3-4H,1-2H3,(H,11,12)(H,13,14). The van der Waals surface area contributed by atoms with Crippen LogP contribution in [0.3, 0.4) is 0 Å². The molecule has 6 heteroatoms. The van der Waals surface area contributed by atoms with E-state index >= 15 is 0 Å². The summed E-state index contributed by atoms with van der Waals surface area (Å²) >= 11 is 3.58. The number of nitrogens with zero attached hydrogens (tertiary/aromatic N) is 2. The Bertz CT molecular complexity index is 384. The molecule has 0 fully saturated rings. The molecule has 0 unspecified atom stereocenters. The number of hydrogen-bond acceptors (Lipinski definition) is 3.